The van der Waals surface area contributed by atoms with Gasteiger partial charge in [-0.3, -0.25) is 4.79 Å². The molecule has 3 rings (SSSR count). The summed E-state index contributed by atoms with van der Waals surface area (Å²) in [6.07, 6.45) is 0. The maximum Gasteiger partial charge on any atom is 0.266 e. The standard InChI is InChI=1S/C19H10BrN3O2/c20-13-4-5-18(24)15(7-13)17-8-14(16(10-22)19(25)23-17)12-3-1-2-11(6-12)9-21/h1-8,24H,(H,23,25). The summed E-state index contributed by atoms with van der Waals surface area (Å²) in [6, 6.07) is 17.1. The van der Waals surface area contributed by atoms with Crippen LogP contribution in [0.1, 0.15) is 11.1 Å². The first kappa shape index (κ1) is 16.5. The zero-order valence-electron chi connectivity index (χ0n) is 12.7. The van der Waals surface area contributed by atoms with Crippen molar-refractivity contribution in [2.75, 3.05) is 0 Å². The van der Waals surface area contributed by atoms with Crippen LogP contribution in [0.4, 0.5) is 0 Å². The van der Waals surface area contributed by atoms with Crippen LogP contribution >= 0.6 is 15.9 Å². The van der Waals surface area contributed by atoms with Gasteiger partial charge < -0.3 is 10.1 Å². The minimum absolute atomic E-state index is 0.000262. The molecule has 0 bridgehead atoms. The molecule has 2 N–H and O–H groups in total. The number of nitrogens with zero attached hydrogens (tertiary/aromatic N) is 2. The number of phenols is 1. The van der Waals surface area contributed by atoms with Gasteiger partial charge in [-0.1, -0.05) is 28.1 Å². The second kappa shape index (κ2) is 6.64. The van der Waals surface area contributed by atoms with Crippen molar-refractivity contribution < 1.29 is 5.11 Å². The van der Waals surface area contributed by atoms with E-state index in [1.54, 1.807) is 42.5 Å². The highest BCUT2D eigenvalue weighted by molar-refractivity contribution is 9.10. The third-order valence-electron chi connectivity index (χ3n) is 3.70. The molecule has 2 aromatic carbocycles. The molecule has 0 atom stereocenters. The molecule has 0 aliphatic carbocycles. The summed E-state index contributed by atoms with van der Waals surface area (Å²) in [5.41, 5.74) is 1.60. The molecule has 5 nitrogen and oxygen atoms in total. The van der Waals surface area contributed by atoms with Gasteiger partial charge in [0.2, 0.25) is 0 Å². The number of hydrogen-bond acceptors (Lipinski definition) is 4. The molecular formula is C19H10BrN3O2. The van der Waals surface area contributed by atoms with Crippen LogP contribution in [-0.4, -0.2) is 10.1 Å². The minimum Gasteiger partial charge on any atom is -0.507 e. The van der Waals surface area contributed by atoms with E-state index in [1.807, 2.05) is 12.1 Å². The van der Waals surface area contributed by atoms with Crippen LogP contribution in [0.15, 0.2) is 57.8 Å². The van der Waals surface area contributed by atoms with Crippen LogP contribution in [0.5, 0.6) is 5.75 Å². The van der Waals surface area contributed by atoms with E-state index in [2.05, 4.69) is 20.9 Å². The Kier molecular flexibility index (Phi) is 4.38. The van der Waals surface area contributed by atoms with E-state index in [0.29, 0.717) is 27.9 Å². The van der Waals surface area contributed by atoms with Gasteiger partial charge in [-0.25, -0.2) is 0 Å². The molecule has 0 spiro atoms. The van der Waals surface area contributed by atoms with E-state index in [4.69, 9.17) is 5.26 Å². The summed E-state index contributed by atoms with van der Waals surface area (Å²) < 4.78 is 0.735. The van der Waals surface area contributed by atoms with Crippen molar-refractivity contribution >= 4 is 15.9 Å². The fourth-order valence-electron chi connectivity index (χ4n) is 2.52. The fraction of sp³-hybridized carbons (Fsp3) is 0. The van der Waals surface area contributed by atoms with Crippen molar-refractivity contribution in [2.24, 2.45) is 0 Å². The Balaban J connectivity index is 2.31. The Bertz CT molecular complexity index is 1120. The number of aromatic hydroxyl groups is 1. The Hall–Kier alpha value is -3.35. The monoisotopic (exact) mass is 391 g/mol. The van der Waals surface area contributed by atoms with E-state index in [1.165, 1.54) is 6.07 Å². The van der Waals surface area contributed by atoms with Crippen LogP contribution in [0.2, 0.25) is 0 Å². The topological polar surface area (TPSA) is 101 Å². The molecule has 120 valence electrons. The van der Waals surface area contributed by atoms with Crippen molar-refractivity contribution in [3.8, 4) is 40.3 Å². The summed E-state index contributed by atoms with van der Waals surface area (Å²) in [6.45, 7) is 0. The summed E-state index contributed by atoms with van der Waals surface area (Å²) >= 11 is 3.33. The molecule has 0 radical (unpaired) electrons. The van der Waals surface area contributed by atoms with E-state index in [9.17, 15) is 15.2 Å². The molecule has 0 unspecified atom stereocenters. The first-order chi connectivity index (χ1) is 12.0. The van der Waals surface area contributed by atoms with E-state index < -0.39 is 5.56 Å². The van der Waals surface area contributed by atoms with Crippen molar-refractivity contribution in [3.05, 3.63) is 74.5 Å². The van der Waals surface area contributed by atoms with Crippen LogP contribution in [0, 0.1) is 22.7 Å². The summed E-state index contributed by atoms with van der Waals surface area (Å²) in [7, 11) is 0. The Morgan fingerprint density at radius 2 is 1.80 bits per heavy atom. The minimum atomic E-state index is -0.559. The molecule has 1 aromatic heterocycles. The number of halogens is 1. The zero-order valence-corrected chi connectivity index (χ0v) is 14.3. The number of H-pyrrole nitrogens is 1. The summed E-state index contributed by atoms with van der Waals surface area (Å²) in [5, 5.41) is 28.5. The number of aromatic amines is 1. The van der Waals surface area contributed by atoms with E-state index in [0.717, 1.165) is 4.47 Å². The molecule has 0 aliphatic rings. The van der Waals surface area contributed by atoms with Gasteiger partial charge in [-0.15, -0.1) is 0 Å². The smallest absolute Gasteiger partial charge is 0.266 e. The van der Waals surface area contributed by atoms with Crippen molar-refractivity contribution in [1.82, 2.24) is 4.98 Å². The molecule has 3 aromatic rings. The second-order valence-electron chi connectivity index (χ2n) is 5.27. The normalized spacial score (nSPS) is 10.0. The maximum atomic E-state index is 12.4. The van der Waals surface area contributed by atoms with Crippen molar-refractivity contribution in [3.63, 3.8) is 0 Å². The molecule has 25 heavy (non-hydrogen) atoms. The van der Waals surface area contributed by atoms with Gasteiger partial charge in [0.15, 0.2) is 0 Å². The third kappa shape index (κ3) is 3.16. The molecule has 0 saturated heterocycles. The highest BCUT2D eigenvalue weighted by Gasteiger charge is 2.15. The average molecular weight is 392 g/mol. The van der Waals surface area contributed by atoms with Gasteiger partial charge in [-0.2, -0.15) is 10.5 Å². The number of phenolic OH excluding ortho intramolecular Hbond substituents is 1. The van der Waals surface area contributed by atoms with Crippen LogP contribution in [0.3, 0.4) is 0 Å². The lowest BCUT2D eigenvalue weighted by Crippen LogP contribution is -2.12. The van der Waals surface area contributed by atoms with Gasteiger partial charge in [0, 0.05) is 15.6 Å². The number of pyridine rings is 1. The summed E-state index contributed by atoms with van der Waals surface area (Å²) in [4.78, 5) is 15.0. The van der Waals surface area contributed by atoms with Crippen LogP contribution in [0.25, 0.3) is 22.4 Å². The Morgan fingerprint density at radius 1 is 1.00 bits per heavy atom. The number of rotatable bonds is 2. The SMILES string of the molecule is N#Cc1cccc(-c2cc(-c3cc(Br)ccc3O)[nH]c(=O)c2C#N)c1. The Morgan fingerprint density at radius 3 is 2.52 bits per heavy atom. The number of nitriles is 2. The van der Waals surface area contributed by atoms with Crippen molar-refractivity contribution in [1.29, 1.82) is 10.5 Å². The average Bonchev–Trinajstić information content (AvgIpc) is 2.63. The zero-order chi connectivity index (χ0) is 18.0. The highest BCUT2D eigenvalue weighted by atomic mass is 79.9. The number of hydrogen-bond donors (Lipinski definition) is 2. The molecule has 0 saturated carbocycles. The first-order valence-corrected chi connectivity index (χ1v) is 7.99. The predicted molar refractivity (Wildman–Crippen MR) is 96.7 cm³/mol. The molecular weight excluding hydrogens is 382 g/mol. The molecule has 0 aliphatic heterocycles. The largest absolute Gasteiger partial charge is 0.507 e. The summed E-state index contributed by atoms with van der Waals surface area (Å²) in [5.74, 6) is 0.000262. The van der Waals surface area contributed by atoms with Gasteiger partial charge in [-0.05, 0) is 42.0 Å². The molecule has 0 amide bonds. The van der Waals surface area contributed by atoms with Gasteiger partial charge in [0.25, 0.3) is 5.56 Å². The van der Waals surface area contributed by atoms with Gasteiger partial charge >= 0.3 is 0 Å². The van der Waals surface area contributed by atoms with E-state index >= 15 is 0 Å². The van der Waals surface area contributed by atoms with Crippen molar-refractivity contribution in [2.45, 2.75) is 0 Å². The number of nitrogens with one attached hydrogen (secondary N) is 1. The third-order valence-corrected chi connectivity index (χ3v) is 4.19. The molecule has 6 heteroatoms. The highest BCUT2D eigenvalue weighted by Crippen LogP contribution is 2.33. The quantitative estimate of drug-likeness (QED) is 0.690. The molecule has 1 heterocycles. The Labute approximate surface area is 151 Å². The lowest BCUT2D eigenvalue weighted by Gasteiger charge is -2.10. The fourth-order valence-corrected chi connectivity index (χ4v) is 2.88. The van der Waals surface area contributed by atoms with E-state index in [-0.39, 0.29) is 11.3 Å². The number of aromatic nitrogens is 1. The number of benzene rings is 2. The van der Waals surface area contributed by atoms with Gasteiger partial charge in [0.05, 0.1) is 17.3 Å². The lowest BCUT2D eigenvalue weighted by atomic mass is 9.97. The first-order valence-electron chi connectivity index (χ1n) is 7.20. The van der Waals surface area contributed by atoms with Gasteiger partial charge in [0.1, 0.15) is 17.4 Å². The lowest BCUT2D eigenvalue weighted by molar-refractivity contribution is 0.477. The maximum absolute atomic E-state index is 12.4. The second-order valence-corrected chi connectivity index (χ2v) is 6.18. The van der Waals surface area contributed by atoms with Crippen LogP contribution in [-0.2, 0) is 0 Å². The predicted octanol–water partition coefficient (Wildman–Crippen LogP) is 3.92. The van der Waals surface area contributed by atoms with Crippen LogP contribution < -0.4 is 5.56 Å². The molecule has 0 fully saturated rings.